The smallest absolute Gasteiger partial charge is 0.0495 e. The van der Waals surface area contributed by atoms with E-state index in [-0.39, 0.29) is 6.61 Å². The highest BCUT2D eigenvalue weighted by Gasteiger charge is 2.16. The Balaban J connectivity index is 3.72. The molecule has 1 N–H and O–H groups in total. The molecule has 0 fully saturated rings. The molecule has 0 radical (unpaired) electrons. The zero-order chi connectivity index (χ0) is 12.6. The van der Waals surface area contributed by atoms with E-state index in [0.29, 0.717) is 17.8 Å². The summed E-state index contributed by atoms with van der Waals surface area (Å²) in [4.78, 5) is 0. The van der Waals surface area contributed by atoms with Crippen LogP contribution in [0.5, 0.6) is 0 Å². The van der Waals surface area contributed by atoms with Gasteiger partial charge in [0, 0.05) is 19.8 Å². The van der Waals surface area contributed by atoms with Crippen LogP contribution in [0, 0.1) is 23.7 Å². The summed E-state index contributed by atoms with van der Waals surface area (Å²) in [5.41, 5.74) is 0. The van der Waals surface area contributed by atoms with Crippen LogP contribution in [-0.4, -0.2) is 24.9 Å². The Morgan fingerprint density at radius 3 is 1.88 bits per heavy atom. The fourth-order valence-corrected chi connectivity index (χ4v) is 1.85. The van der Waals surface area contributed by atoms with Crippen LogP contribution in [0.4, 0.5) is 0 Å². The van der Waals surface area contributed by atoms with Gasteiger partial charge >= 0.3 is 0 Å². The van der Waals surface area contributed by atoms with E-state index in [9.17, 15) is 5.11 Å². The van der Waals surface area contributed by atoms with Gasteiger partial charge in [-0.3, -0.25) is 0 Å². The molecule has 4 unspecified atom stereocenters. The Morgan fingerprint density at radius 1 is 0.875 bits per heavy atom. The van der Waals surface area contributed by atoms with Gasteiger partial charge in [0.15, 0.2) is 0 Å². The van der Waals surface area contributed by atoms with Crippen molar-refractivity contribution in [3.05, 3.63) is 0 Å². The summed E-state index contributed by atoms with van der Waals surface area (Å²) in [6, 6.07) is 0. The highest BCUT2D eigenvalue weighted by molar-refractivity contribution is 4.64. The average Bonchev–Trinajstić information content (AvgIpc) is 2.29. The lowest BCUT2D eigenvalue weighted by atomic mass is 9.92. The van der Waals surface area contributed by atoms with Gasteiger partial charge in [0.25, 0.3) is 0 Å². The molecule has 4 atom stereocenters. The van der Waals surface area contributed by atoms with Gasteiger partial charge in [0.2, 0.25) is 0 Å². The Kier molecular flexibility index (Phi) is 8.96. The molecule has 0 bridgehead atoms. The predicted octanol–water partition coefficient (Wildman–Crippen LogP) is 3.34. The maximum Gasteiger partial charge on any atom is 0.0495 e. The second kappa shape index (κ2) is 9.00. The van der Waals surface area contributed by atoms with E-state index in [4.69, 9.17) is 4.74 Å². The zero-order valence-electron chi connectivity index (χ0n) is 11.7. The maximum absolute atomic E-state index is 9.18. The first-order valence-corrected chi connectivity index (χ1v) is 6.75. The predicted molar refractivity (Wildman–Crippen MR) is 69.5 cm³/mol. The van der Waals surface area contributed by atoms with Gasteiger partial charge in [-0.2, -0.15) is 0 Å². The first-order chi connectivity index (χ1) is 7.56. The minimum Gasteiger partial charge on any atom is -0.396 e. The molecule has 2 nitrogen and oxygen atoms in total. The molecule has 0 aliphatic rings. The molecule has 98 valence electrons. The quantitative estimate of drug-likeness (QED) is 0.658. The van der Waals surface area contributed by atoms with Crippen LogP contribution in [0.15, 0.2) is 0 Å². The van der Waals surface area contributed by atoms with Crippen LogP contribution < -0.4 is 0 Å². The minimum atomic E-state index is 0.280. The number of aliphatic hydroxyl groups excluding tert-OH is 1. The van der Waals surface area contributed by atoms with Crippen molar-refractivity contribution in [2.75, 3.05) is 19.8 Å². The summed E-state index contributed by atoms with van der Waals surface area (Å²) < 4.78 is 5.75. The molecule has 0 aromatic rings. The molecule has 0 saturated carbocycles. The Bertz CT molecular complexity index is 155. The molecule has 16 heavy (non-hydrogen) atoms. The minimum absolute atomic E-state index is 0.280. The van der Waals surface area contributed by atoms with Crippen LogP contribution >= 0.6 is 0 Å². The SMILES string of the molecule is CCC(C)C(C)COCC(C)C(CC)CO. The number of hydrogen-bond donors (Lipinski definition) is 1. The normalized spacial score (nSPS) is 19.1. The van der Waals surface area contributed by atoms with E-state index >= 15 is 0 Å². The van der Waals surface area contributed by atoms with Crippen molar-refractivity contribution in [1.82, 2.24) is 0 Å². The first kappa shape index (κ1) is 15.9. The summed E-state index contributed by atoms with van der Waals surface area (Å²) in [7, 11) is 0. The highest BCUT2D eigenvalue weighted by Crippen LogP contribution is 2.18. The Hall–Kier alpha value is -0.0800. The van der Waals surface area contributed by atoms with E-state index in [0.717, 1.165) is 25.6 Å². The number of rotatable bonds is 9. The second-order valence-corrected chi connectivity index (χ2v) is 5.23. The lowest BCUT2D eigenvalue weighted by Gasteiger charge is -2.23. The molecule has 0 aliphatic carbocycles. The molecule has 2 heteroatoms. The summed E-state index contributed by atoms with van der Waals surface area (Å²) in [5, 5.41) is 9.18. The van der Waals surface area contributed by atoms with E-state index in [2.05, 4.69) is 34.6 Å². The highest BCUT2D eigenvalue weighted by atomic mass is 16.5. The van der Waals surface area contributed by atoms with Crippen molar-refractivity contribution in [3.8, 4) is 0 Å². The number of hydrogen-bond acceptors (Lipinski definition) is 2. The van der Waals surface area contributed by atoms with Gasteiger partial charge in [-0.05, 0) is 23.7 Å². The van der Waals surface area contributed by atoms with Crippen LogP contribution in [-0.2, 0) is 4.74 Å². The number of ether oxygens (including phenoxy) is 1. The van der Waals surface area contributed by atoms with Gasteiger partial charge in [0.05, 0.1) is 0 Å². The maximum atomic E-state index is 9.18. The first-order valence-electron chi connectivity index (χ1n) is 6.75. The third-order valence-corrected chi connectivity index (χ3v) is 3.94. The monoisotopic (exact) mass is 230 g/mol. The van der Waals surface area contributed by atoms with E-state index in [1.807, 2.05) is 0 Å². The Morgan fingerprint density at radius 2 is 1.44 bits per heavy atom. The molecule has 0 saturated heterocycles. The summed E-state index contributed by atoms with van der Waals surface area (Å²) in [6.45, 7) is 12.9. The van der Waals surface area contributed by atoms with Crippen LogP contribution in [0.2, 0.25) is 0 Å². The van der Waals surface area contributed by atoms with Crippen LogP contribution in [0.3, 0.4) is 0 Å². The van der Waals surface area contributed by atoms with Gasteiger partial charge in [-0.1, -0.05) is 47.5 Å². The fraction of sp³-hybridized carbons (Fsp3) is 1.00. The Labute approximate surface area is 101 Å². The third kappa shape index (κ3) is 5.86. The molecule has 0 aromatic heterocycles. The fourth-order valence-electron chi connectivity index (χ4n) is 1.85. The van der Waals surface area contributed by atoms with Crippen molar-refractivity contribution in [2.45, 2.75) is 47.5 Å². The molecule has 0 rings (SSSR count). The lowest BCUT2D eigenvalue weighted by molar-refractivity contribution is 0.0383. The van der Waals surface area contributed by atoms with Crippen molar-refractivity contribution in [3.63, 3.8) is 0 Å². The number of aliphatic hydroxyl groups is 1. The van der Waals surface area contributed by atoms with Crippen LogP contribution in [0.25, 0.3) is 0 Å². The average molecular weight is 230 g/mol. The molecule has 0 amide bonds. The van der Waals surface area contributed by atoms with Crippen molar-refractivity contribution >= 4 is 0 Å². The molecule has 0 spiro atoms. The summed E-state index contributed by atoms with van der Waals surface area (Å²) in [6.07, 6.45) is 2.25. The third-order valence-electron chi connectivity index (χ3n) is 3.94. The molecular formula is C14H30O2. The van der Waals surface area contributed by atoms with Crippen molar-refractivity contribution < 1.29 is 9.84 Å². The van der Waals surface area contributed by atoms with Crippen molar-refractivity contribution in [1.29, 1.82) is 0 Å². The van der Waals surface area contributed by atoms with Crippen LogP contribution in [0.1, 0.15) is 47.5 Å². The topological polar surface area (TPSA) is 29.5 Å². The summed E-state index contributed by atoms with van der Waals surface area (Å²) >= 11 is 0. The molecule has 0 aliphatic heterocycles. The van der Waals surface area contributed by atoms with Gasteiger partial charge in [-0.25, -0.2) is 0 Å². The van der Waals surface area contributed by atoms with E-state index in [1.165, 1.54) is 6.42 Å². The molecular weight excluding hydrogens is 200 g/mol. The standard InChI is InChI=1S/C14H30O2/c1-6-11(3)12(4)9-16-10-13(5)14(7-2)8-15/h11-15H,6-10H2,1-5H3. The van der Waals surface area contributed by atoms with Crippen molar-refractivity contribution in [2.24, 2.45) is 23.7 Å². The summed E-state index contributed by atoms with van der Waals surface area (Å²) in [5.74, 6) is 2.21. The lowest BCUT2D eigenvalue weighted by Crippen LogP contribution is -2.22. The second-order valence-electron chi connectivity index (χ2n) is 5.23. The molecule has 0 aromatic carbocycles. The largest absolute Gasteiger partial charge is 0.396 e. The van der Waals surface area contributed by atoms with E-state index < -0.39 is 0 Å². The van der Waals surface area contributed by atoms with Gasteiger partial charge < -0.3 is 9.84 Å². The van der Waals surface area contributed by atoms with Gasteiger partial charge in [0.1, 0.15) is 0 Å². The van der Waals surface area contributed by atoms with E-state index in [1.54, 1.807) is 0 Å². The molecule has 0 heterocycles. The zero-order valence-corrected chi connectivity index (χ0v) is 11.7. The van der Waals surface area contributed by atoms with Gasteiger partial charge in [-0.15, -0.1) is 0 Å².